The summed E-state index contributed by atoms with van der Waals surface area (Å²) in [6.45, 7) is 9.76. The molecule has 3 unspecified atom stereocenters. The van der Waals surface area contributed by atoms with E-state index in [-0.39, 0.29) is 6.10 Å². The molecule has 0 aliphatic carbocycles. The van der Waals surface area contributed by atoms with Crippen LogP contribution in [0.5, 0.6) is 0 Å². The van der Waals surface area contributed by atoms with Crippen LogP contribution in [0.4, 0.5) is 0 Å². The van der Waals surface area contributed by atoms with E-state index in [4.69, 9.17) is 5.26 Å². The lowest BCUT2D eigenvalue weighted by molar-refractivity contribution is 0.0401. The predicted octanol–water partition coefficient (Wildman–Crippen LogP) is 1.61. The van der Waals surface area contributed by atoms with Crippen LogP contribution in [-0.4, -0.2) is 48.3 Å². The maximum atomic E-state index is 10.1. The molecule has 0 spiro atoms. The Morgan fingerprint density at radius 2 is 2.16 bits per heavy atom. The molecule has 0 saturated carbocycles. The van der Waals surface area contributed by atoms with Gasteiger partial charge in [0.25, 0.3) is 0 Å². The first kappa shape index (κ1) is 16.4. The Labute approximate surface area is 117 Å². The number of aliphatic hydroxyl groups excluding tert-OH is 1. The lowest BCUT2D eigenvalue weighted by atomic mass is 9.88. The molecule has 0 aromatic rings. The van der Waals surface area contributed by atoms with Crippen LogP contribution < -0.4 is 5.32 Å². The average molecular weight is 267 g/mol. The van der Waals surface area contributed by atoms with Gasteiger partial charge in [-0.2, -0.15) is 5.26 Å². The van der Waals surface area contributed by atoms with Crippen molar-refractivity contribution in [2.75, 3.05) is 26.2 Å². The van der Waals surface area contributed by atoms with E-state index in [0.717, 1.165) is 32.5 Å². The third kappa shape index (κ3) is 5.90. The minimum atomic E-state index is -0.240. The van der Waals surface area contributed by atoms with Gasteiger partial charge in [0.05, 0.1) is 18.7 Å². The average Bonchev–Trinajstić information content (AvgIpc) is 2.37. The second kappa shape index (κ2) is 8.52. The Hall–Kier alpha value is -0.630. The number of rotatable bonds is 7. The molecule has 1 heterocycles. The molecule has 1 aliphatic heterocycles. The van der Waals surface area contributed by atoms with Crippen molar-refractivity contribution in [3.8, 4) is 6.07 Å². The van der Waals surface area contributed by atoms with Crippen molar-refractivity contribution in [2.45, 2.75) is 52.2 Å². The summed E-state index contributed by atoms with van der Waals surface area (Å²) in [4.78, 5) is 2.17. The van der Waals surface area contributed by atoms with Gasteiger partial charge in [0, 0.05) is 19.1 Å². The van der Waals surface area contributed by atoms with Gasteiger partial charge in [0.15, 0.2) is 0 Å². The Morgan fingerprint density at radius 1 is 1.42 bits per heavy atom. The summed E-state index contributed by atoms with van der Waals surface area (Å²) >= 11 is 0. The number of nitrogens with one attached hydrogen (secondary N) is 1. The maximum absolute atomic E-state index is 10.1. The highest BCUT2D eigenvalue weighted by atomic mass is 16.3. The maximum Gasteiger partial charge on any atom is 0.0866 e. The fourth-order valence-corrected chi connectivity index (χ4v) is 2.80. The molecule has 0 amide bonds. The van der Waals surface area contributed by atoms with Gasteiger partial charge in [-0.15, -0.1) is 0 Å². The van der Waals surface area contributed by atoms with E-state index in [0.29, 0.717) is 24.4 Å². The SMILES string of the molecule is CCC(O)C1CC(NCCC(C)C)CN(CC#N)C1. The minimum Gasteiger partial charge on any atom is -0.393 e. The minimum absolute atomic E-state index is 0.240. The Balaban J connectivity index is 2.48. The molecule has 2 N–H and O–H groups in total. The van der Waals surface area contributed by atoms with Gasteiger partial charge in [-0.1, -0.05) is 20.8 Å². The summed E-state index contributed by atoms with van der Waals surface area (Å²) in [5, 5.41) is 22.5. The number of nitrogens with zero attached hydrogens (tertiary/aromatic N) is 2. The van der Waals surface area contributed by atoms with Crippen LogP contribution >= 0.6 is 0 Å². The number of nitriles is 1. The van der Waals surface area contributed by atoms with Crippen LogP contribution in [0.1, 0.15) is 40.0 Å². The topological polar surface area (TPSA) is 59.3 Å². The molecule has 110 valence electrons. The van der Waals surface area contributed by atoms with Crippen LogP contribution in [0, 0.1) is 23.2 Å². The zero-order chi connectivity index (χ0) is 14.3. The zero-order valence-electron chi connectivity index (χ0n) is 12.6. The van der Waals surface area contributed by atoms with Crippen molar-refractivity contribution in [1.29, 1.82) is 5.26 Å². The summed E-state index contributed by atoms with van der Waals surface area (Å²) in [5.41, 5.74) is 0. The van der Waals surface area contributed by atoms with Gasteiger partial charge in [0.1, 0.15) is 0 Å². The highest BCUT2D eigenvalue weighted by molar-refractivity contribution is 4.89. The first-order valence-corrected chi connectivity index (χ1v) is 7.57. The molecule has 0 bridgehead atoms. The molecule has 1 aliphatic rings. The molecule has 0 aromatic carbocycles. The number of hydrogen-bond acceptors (Lipinski definition) is 4. The van der Waals surface area contributed by atoms with Gasteiger partial charge in [-0.3, -0.25) is 4.90 Å². The van der Waals surface area contributed by atoms with Gasteiger partial charge in [-0.05, 0) is 37.6 Å². The van der Waals surface area contributed by atoms with E-state index in [2.05, 4.69) is 30.1 Å². The second-order valence-electron chi connectivity index (χ2n) is 6.16. The molecule has 4 nitrogen and oxygen atoms in total. The second-order valence-corrected chi connectivity index (χ2v) is 6.16. The van der Waals surface area contributed by atoms with Crippen LogP contribution in [0.3, 0.4) is 0 Å². The summed E-state index contributed by atoms with van der Waals surface area (Å²) in [6, 6.07) is 2.64. The fraction of sp³-hybridized carbons (Fsp3) is 0.933. The summed E-state index contributed by atoms with van der Waals surface area (Å²) < 4.78 is 0. The first-order valence-electron chi connectivity index (χ1n) is 7.57. The molecule has 19 heavy (non-hydrogen) atoms. The number of piperidine rings is 1. The van der Waals surface area contributed by atoms with E-state index in [1.54, 1.807) is 0 Å². The Morgan fingerprint density at radius 3 is 2.74 bits per heavy atom. The first-order chi connectivity index (χ1) is 9.06. The summed E-state index contributed by atoms with van der Waals surface area (Å²) in [5.74, 6) is 1.01. The van der Waals surface area contributed by atoms with Gasteiger partial charge < -0.3 is 10.4 Å². The fourth-order valence-electron chi connectivity index (χ4n) is 2.80. The van der Waals surface area contributed by atoms with Crippen LogP contribution in [0.15, 0.2) is 0 Å². The summed E-state index contributed by atoms with van der Waals surface area (Å²) in [6.07, 6.45) is 2.75. The molecule has 3 atom stereocenters. The monoisotopic (exact) mass is 267 g/mol. The molecule has 1 saturated heterocycles. The molecule has 0 radical (unpaired) electrons. The normalized spacial score (nSPS) is 26.3. The molecular weight excluding hydrogens is 238 g/mol. The molecule has 0 aromatic heterocycles. The van der Waals surface area contributed by atoms with Crippen LogP contribution in [0.2, 0.25) is 0 Å². The number of aliphatic hydroxyl groups is 1. The number of likely N-dealkylation sites (tertiary alicyclic amines) is 1. The van der Waals surface area contributed by atoms with Crippen LogP contribution in [0.25, 0.3) is 0 Å². The predicted molar refractivity (Wildman–Crippen MR) is 77.7 cm³/mol. The number of hydrogen-bond donors (Lipinski definition) is 2. The van der Waals surface area contributed by atoms with E-state index in [1.165, 1.54) is 6.42 Å². The summed E-state index contributed by atoms with van der Waals surface area (Å²) in [7, 11) is 0. The van der Waals surface area contributed by atoms with E-state index >= 15 is 0 Å². The largest absolute Gasteiger partial charge is 0.393 e. The standard InChI is InChI=1S/C15H29N3O/c1-4-15(19)13-9-14(17-7-5-12(2)3)11-18(10-13)8-6-16/h12-15,17,19H,4-5,7-11H2,1-3H3. The highest BCUT2D eigenvalue weighted by Gasteiger charge is 2.30. The molecule has 1 rings (SSSR count). The zero-order valence-corrected chi connectivity index (χ0v) is 12.6. The molecular formula is C15H29N3O. The quantitative estimate of drug-likeness (QED) is 0.688. The molecule has 1 fully saturated rings. The Bertz CT molecular complexity index is 288. The van der Waals surface area contributed by atoms with Crippen molar-refractivity contribution < 1.29 is 5.11 Å². The van der Waals surface area contributed by atoms with Gasteiger partial charge in [0.2, 0.25) is 0 Å². The lowest BCUT2D eigenvalue weighted by Gasteiger charge is -2.39. The van der Waals surface area contributed by atoms with E-state index in [9.17, 15) is 5.11 Å². The third-order valence-electron chi connectivity index (χ3n) is 3.97. The van der Waals surface area contributed by atoms with E-state index in [1.807, 2.05) is 6.92 Å². The lowest BCUT2D eigenvalue weighted by Crippen LogP contribution is -2.51. The van der Waals surface area contributed by atoms with Crippen molar-refractivity contribution >= 4 is 0 Å². The molecule has 4 heteroatoms. The van der Waals surface area contributed by atoms with E-state index < -0.39 is 0 Å². The van der Waals surface area contributed by atoms with Crippen molar-refractivity contribution in [3.63, 3.8) is 0 Å². The Kier molecular flexibility index (Phi) is 7.37. The van der Waals surface area contributed by atoms with Crippen LogP contribution in [-0.2, 0) is 0 Å². The van der Waals surface area contributed by atoms with Gasteiger partial charge in [-0.25, -0.2) is 0 Å². The highest BCUT2D eigenvalue weighted by Crippen LogP contribution is 2.21. The third-order valence-corrected chi connectivity index (χ3v) is 3.97. The van der Waals surface area contributed by atoms with Crippen molar-refractivity contribution in [3.05, 3.63) is 0 Å². The smallest absolute Gasteiger partial charge is 0.0866 e. The van der Waals surface area contributed by atoms with Gasteiger partial charge >= 0.3 is 0 Å². The van der Waals surface area contributed by atoms with Crippen molar-refractivity contribution in [2.24, 2.45) is 11.8 Å². The van der Waals surface area contributed by atoms with Crippen molar-refractivity contribution in [1.82, 2.24) is 10.2 Å².